The molecule has 0 spiro atoms. The predicted molar refractivity (Wildman–Crippen MR) is 52.8 cm³/mol. The summed E-state index contributed by atoms with van der Waals surface area (Å²) in [5, 5.41) is 9.66. The summed E-state index contributed by atoms with van der Waals surface area (Å²) in [5.74, 6) is -0.600. The minimum Gasteiger partial charge on any atom is -0.464 e. The minimum atomic E-state index is -1.09. The number of aliphatic hydroxyl groups is 1. The fourth-order valence-corrected chi connectivity index (χ4v) is 1.24. The lowest BCUT2D eigenvalue weighted by Gasteiger charge is -2.23. The number of aliphatic hydroxyl groups excluding tert-OH is 1. The van der Waals surface area contributed by atoms with E-state index in [1.807, 2.05) is 13.8 Å². The maximum atomic E-state index is 11.2. The van der Waals surface area contributed by atoms with Gasteiger partial charge in [0, 0.05) is 13.0 Å². The van der Waals surface area contributed by atoms with Crippen LogP contribution >= 0.6 is 0 Å². The SMILES string of the molecule is CCOC(=O)C(O)C(COC)C(C)C. The topological polar surface area (TPSA) is 55.8 Å². The normalized spacial score (nSPS) is 15.3. The van der Waals surface area contributed by atoms with Gasteiger partial charge in [0.15, 0.2) is 6.10 Å². The van der Waals surface area contributed by atoms with E-state index in [9.17, 15) is 9.90 Å². The van der Waals surface area contributed by atoms with E-state index in [-0.39, 0.29) is 18.4 Å². The zero-order valence-corrected chi connectivity index (χ0v) is 9.32. The monoisotopic (exact) mass is 204 g/mol. The van der Waals surface area contributed by atoms with Gasteiger partial charge in [-0.1, -0.05) is 13.8 Å². The second kappa shape index (κ2) is 6.79. The van der Waals surface area contributed by atoms with Gasteiger partial charge in [-0.3, -0.25) is 0 Å². The van der Waals surface area contributed by atoms with E-state index in [0.717, 1.165) is 0 Å². The number of rotatable bonds is 6. The van der Waals surface area contributed by atoms with Crippen molar-refractivity contribution < 1.29 is 19.4 Å². The van der Waals surface area contributed by atoms with E-state index in [1.165, 1.54) is 0 Å². The fourth-order valence-electron chi connectivity index (χ4n) is 1.24. The summed E-state index contributed by atoms with van der Waals surface area (Å²) in [4.78, 5) is 11.2. The van der Waals surface area contributed by atoms with Crippen LogP contribution in [-0.4, -0.2) is 37.5 Å². The number of ether oxygens (including phenoxy) is 2. The van der Waals surface area contributed by atoms with Crippen molar-refractivity contribution in [2.45, 2.75) is 26.9 Å². The molecule has 0 amide bonds. The lowest BCUT2D eigenvalue weighted by atomic mass is 9.91. The van der Waals surface area contributed by atoms with Crippen molar-refractivity contribution in [2.75, 3.05) is 20.3 Å². The molecular weight excluding hydrogens is 184 g/mol. The Morgan fingerprint density at radius 2 is 2.00 bits per heavy atom. The van der Waals surface area contributed by atoms with Crippen LogP contribution in [0.2, 0.25) is 0 Å². The van der Waals surface area contributed by atoms with Gasteiger partial charge in [-0.05, 0) is 12.8 Å². The third-order valence-corrected chi connectivity index (χ3v) is 2.15. The number of carbonyl (C=O) groups is 1. The van der Waals surface area contributed by atoms with E-state index in [1.54, 1.807) is 14.0 Å². The standard InChI is InChI=1S/C10H20O4/c1-5-14-10(12)9(11)8(6-13-4)7(2)3/h7-9,11H,5-6H2,1-4H3. The van der Waals surface area contributed by atoms with Gasteiger partial charge < -0.3 is 14.6 Å². The summed E-state index contributed by atoms with van der Waals surface area (Å²) < 4.78 is 9.68. The third kappa shape index (κ3) is 4.07. The van der Waals surface area contributed by atoms with Gasteiger partial charge in [-0.2, -0.15) is 0 Å². The number of methoxy groups -OCH3 is 1. The highest BCUT2D eigenvalue weighted by Crippen LogP contribution is 2.16. The molecule has 0 saturated heterocycles. The van der Waals surface area contributed by atoms with Crippen molar-refractivity contribution in [2.24, 2.45) is 11.8 Å². The highest BCUT2D eigenvalue weighted by molar-refractivity contribution is 5.74. The van der Waals surface area contributed by atoms with Gasteiger partial charge >= 0.3 is 5.97 Å². The van der Waals surface area contributed by atoms with Crippen molar-refractivity contribution in [1.82, 2.24) is 0 Å². The van der Waals surface area contributed by atoms with Crippen molar-refractivity contribution in [3.8, 4) is 0 Å². The number of hydrogen-bond donors (Lipinski definition) is 1. The molecule has 0 aliphatic heterocycles. The summed E-state index contributed by atoms with van der Waals surface area (Å²) in [6, 6.07) is 0. The first-order chi connectivity index (χ1) is 6.54. The van der Waals surface area contributed by atoms with Gasteiger partial charge in [0.1, 0.15) is 0 Å². The largest absolute Gasteiger partial charge is 0.464 e. The van der Waals surface area contributed by atoms with Crippen LogP contribution in [0.5, 0.6) is 0 Å². The quantitative estimate of drug-likeness (QED) is 0.651. The zero-order chi connectivity index (χ0) is 11.1. The van der Waals surface area contributed by atoms with Crippen molar-refractivity contribution in [3.05, 3.63) is 0 Å². The smallest absolute Gasteiger partial charge is 0.335 e. The van der Waals surface area contributed by atoms with Crippen molar-refractivity contribution in [1.29, 1.82) is 0 Å². The molecule has 4 heteroatoms. The first-order valence-corrected chi connectivity index (χ1v) is 4.88. The molecule has 0 aliphatic carbocycles. The lowest BCUT2D eigenvalue weighted by Crippen LogP contribution is -2.36. The maximum Gasteiger partial charge on any atom is 0.335 e. The summed E-state index contributed by atoms with van der Waals surface area (Å²) in [6.07, 6.45) is -1.09. The molecule has 0 rings (SSSR count). The van der Waals surface area contributed by atoms with E-state index >= 15 is 0 Å². The second-order valence-electron chi connectivity index (χ2n) is 3.56. The number of carbonyl (C=O) groups excluding carboxylic acids is 1. The summed E-state index contributed by atoms with van der Waals surface area (Å²) in [5.41, 5.74) is 0. The highest BCUT2D eigenvalue weighted by Gasteiger charge is 2.29. The molecule has 0 saturated carbocycles. The van der Waals surface area contributed by atoms with Crippen LogP contribution in [0.1, 0.15) is 20.8 Å². The average Bonchev–Trinajstić information content (AvgIpc) is 2.13. The molecule has 84 valence electrons. The van der Waals surface area contributed by atoms with Gasteiger partial charge in [-0.15, -0.1) is 0 Å². The van der Waals surface area contributed by atoms with E-state index < -0.39 is 12.1 Å². The molecule has 2 unspecified atom stereocenters. The molecule has 0 aromatic heterocycles. The van der Waals surface area contributed by atoms with E-state index in [0.29, 0.717) is 6.61 Å². The summed E-state index contributed by atoms with van der Waals surface area (Å²) in [6.45, 7) is 6.23. The van der Waals surface area contributed by atoms with E-state index in [2.05, 4.69) is 0 Å². The van der Waals surface area contributed by atoms with Crippen LogP contribution in [0, 0.1) is 11.8 Å². The number of hydrogen-bond acceptors (Lipinski definition) is 4. The average molecular weight is 204 g/mol. The Morgan fingerprint density at radius 3 is 2.36 bits per heavy atom. The second-order valence-corrected chi connectivity index (χ2v) is 3.56. The Labute approximate surface area is 85.2 Å². The molecule has 14 heavy (non-hydrogen) atoms. The molecule has 4 nitrogen and oxygen atoms in total. The molecule has 1 N–H and O–H groups in total. The Morgan fingerprint density at radius 1 is 1.43 bits per heavy atom. The van der Waals surface area contributed by atoms with Crippen LogP contribution in [0.3, 0.4) is 0 Å². The molecule has 0 aromatic carbocycles. The molecule has 2 atom stereocenters. The molecule has 0 aliphatic rings. The Bertz CT molecular complexity index is 168. The van der Waals surface area contributed by atoms with Crippen LogP contribution < -0.4 is 0 Å². The Kier molecular flexibility index (Phi) is 6.49. The maximum absolute atomic E-state index is 11.2. The molecule has 0 radical (unpaired) electrons. The molecule has 0 fully saturated rings. The molecule has 0 bridgehead atoms. The highest BCUT2D eigenvalue weighted by atomic mass is 16.5. The first-order valence-electron chi connectivity index (χ1n) is 4.88. The van der Waals surface area contributed by atoms with Crippen LogP contribution in [0.15, 0.2) is 0 Å². The predicted octanol–water partition coefficient (Wildman–Crippen LogP) is 0.829. The molecular formula is C10H20O4. The fraction of sp³-hybridized carbons (Fsp3) is 0.900. The molecule has 0 aromatic rings. The van der Waals surface area contributed by atoms with Crippen LogP contribution in [0.25, 0.3) is 0 Å². The Balaban J connectivity index is 4.26. The van der Waals surface area contributed by atoms with Crippen LogP contribution in [-0.2, 0) is 14.3 Å². The zero-order valence-electron chi connectivity index (χ0n) is 9.32. The minimum absolute atomic E-state index is 0.175. The van der Waals surface area contributed by atoms with Crippen molar-refractivity contribution in [3.63, 3.8) is 0 Å². The Hall–Kier alpha value is -0.610. The molecule has 0 heterocycles. The third-order valence-electron chi connectivity index (χ3n) is 2.15. The van der Waals surface area contributed by atoms with E-state index in [4.69, 9.17) is 9.47 Å². The number of esters is 1. The van der Waals surface area contributed by atoms with Gasteiger partial charge in [0.2, 0.25) is 0 Å². The van der Waals surface area contributed by atoms with Gasteiger partial charge in [0.25, 0.3) is 0 Å². The van der Waals surface area contributed by atoms with Gasteiger partial charge in [0.05, 0.1) is 13.2 Å². The van der Waals surface area contributed by atoms with Gasteiger partial charge in [-0.25, -0.2) is 4.79 Å². The summed E-state index contributed by atoms with van der Waals surface area (Å²) >= 11 is 0. The first kappa shape index (κ1) is 13.4. The van der Waals surface area contributed by atoms with Crippen LogP contribution in [0.4, 0.5) is 0 Å². The summed E-state index contributed by atoms with van der Waals surface area (Å²) in [7, 11) is 1.55. The van der Waals surface area contributed by atoms with Crippen molar-refractivity contribution >= 4 is 5.97 Å². The lowest BCUT2D eigenvalue weighted by molar-refractivity contribution is -0.158.